The third kappa shape index (κ3) is 4.35. The number of cyclic esters (lactones) is 1. The number of likely N-dealkylation sites (tertiary alicyclic amines) is 1. The molecule has 2 aliphatic heterocycles. The van der Waals surface area contributed by atoms with Crippen molar-refractivity contribution < 1.29 is 23.5 Å². The monoisotopic (exact) mass is 392 g/mol. The van der Waals surface area contributed by atoms with Crippen LogP contribution in [0.15, 0.2) is 18.2 Å². The van der Waals surface area contributed by atoms with Gasteiger partial charge in [0.05, 0.1) is 24.5 Å². The number of carbonyl (C=O) groups excluding carboxylic acids is 3. The Morgan fingerprint density at radius 1 is 1.29 bits per heavy atom. The molecule has 1 aromatic carbocycles. The topological polar surface area (TPSA) is 82.2 Å². The third-order valence-corrected chi connectivity index (χ3v) is 4.97. The highest BCUT2D eigenvalue weighted by Gasteiger charge is 2.33. The molecule has 1 N–H and O–H groups in total. The van der Waals surface area contributed by atoms with Crippen molar-refractivity contribution in [3.8, 4) is 0 Å². The number of nitrogens with zero attached hydrogens (tertiary/aromatic N) is 3. The number of halogens is 1. The fourth-order valence-electron chi connectivity index (χ4n) is 3.43. The maximum Gasteiger partial charge on any atom is 0.414 e. The molecule has 0 spiro atoms. The fourth-order valence-corrected chi connectivity index (χ4v) is 3.43. The normalized spacial score (nSPS) is 19.4. The minimum absolute atomic E-state index is 0.154. The number of nitrogens with one attached hydrogen (secondary N) is 1. The molecule has 9 heteroatoms. The smallest absolute Gasteiger partial charge is 0.414 e. The van der Waals surface area contributed by atoms with E-state index in [0.717, 1.165) is 19.3 Å². The van der Waals surface area contributed by atoms with Crippen molar-refractivity contribution in [3.05, 3.63) is 24.0 Å². The van der Waals surface area contributed by atoms with Crippen molar-refractivity contribution in [1.29, 1.82) is 0 Å². The Hall–Kier alpha value is -2.84. The summed E-state index contributed by atoms with van der Waals surface area (Å²) in [7, 11) is 1.54. The second-order valence-electron chi connectivity index (χ2n) is 7.08. The first-order valence-corrected chi connectivity index (χ1v) is 9.41. The quantitative estimate of drug-likeness (QED) is 0.853. The zero-order chi connectivity index (χ0) is 20.3. The van der Waals surface area contributed by atoms with Crippen LogP contribution in [0, 0.1) is 5.82 Å². The summed E-state index contributed by atoms with van der Waals surface area (Å²) < 4.78 is 19.9. The predicted octanol–water partition coefficient (Wildman–Crippen LogP) is 2.33. The molecule has 2 saturated heterocycles. The average molecular weight is 392 g/mol. The molecule has 2 fully saturated rings. The van der Waals surface area contributed by atoms with Gasteiger partial charge in [-0.3, -0.25) is 14.6 Å². The third-order valence-electron chi connectivity index (χ3n) is 4.97. The first-order chi connectivity index (χ1) is 13.4. The van der Waals surface area contributed by atoms with Crippen LogP contribution in [0.2, 0.25) is 0 Å². The Labute approximate surface area is 163 Å². The molecule has 4 amide bonds. The molecule has 3 rings (SSSR count). The van der Waals surface area contributed by atoms with E-state index in [2.05, 4.69) is 5.32 Å². The highest BCUT2D eigenvalue weighted by molar-refractivity contribution is 5.93. The van der Waals surface area contributed by atoms with E-state index >= 15 is 0 Å². The van der Waals surface area contributed by atoms with E-state index in [4.69, 9.17) is 4.74 Å². The molecular formula is C19H25FN4O4. The SMILES string of the molecule is CC(=O)NC[C@H]1CN(c2ccc(N(C)C(=O)N3CCCCC3)c(F)c2)C(=O)O1. The summed E-state index contributed by atoms with van der Waals surface area (Å²) in [5.74, 6) is -0.810. The van der Waals surface area contributed by atoms with Gasteiger partial charge in [-0.25, -0.2) is 14.0 Å². The van der Waals surface area contributed by atoms with Crippen LogP contribution in [0.1, 0.15) is 26.2 Å². The van der Waals surface area contributed by atoms with Crippen molar-refractivity contribution in [2.75, 3.05) is 43.0 Å². The molecule has 0 unspecified atom stereocenters. The number of ether oxygens (including phenoxy) is 1. The molecule has 0 saturated carbocycles. The largest absolute Gasteiger partial charge is 0.442 e. The predicted molar refractivity (Wildman–Crippen MR) is 102 cm³/mol. The molecule has 0 bridgehead atoms. The van der Waals surface area contributed by atoms with Gasteiger partial charge in [0.1, 0.15) is 11.9 Å². The second-order valence-corrected chi connectivity index (χ2v) is 7.08. The van der Waals surface area contributed by atoms with Crippen molar-refractivity contribution >= 4 is 29.4 Å². The lowest BCUT2D eigenvalue weighted by Crippen LogP contribution is -2.44. The molecule has 0 aromatic heterocycles. The van der Waals surface area contributed by atoms with Crippen LogP contribution in [0.3, 0.4) is 0 Å². The van der Waals surface area contributed by atoms with E-state index in [1.807, 2.05) is 0 Å². The van der Waals surface area contributed by atoms with Crippen molar-refractivity contribution in [2.45, 2.75) is 32.3 Å². The van der Waals surface area contributed by atoms with Gasteiger partial charge in [-0.2, -0.15) is 0 Å². The highest BCUT2D eigenvalue weighted by atomic mass is 19.1. The zero-order valence-electron chi connectivity index (χ0n) is 16.1. The Kier molecular flexibility index (Phi) is 6.01. The van der Waals surface area contributed by atoms with Gasteiger partial charge in [0.25, 0.3) is 0 Å². The Morgan fingerprint density at radius 2 is 2.00 bits per heavy atom. The van der Waals surface area contributed by atoms with Gasteiger partial charge in [-0.05, 0) is 37.5 Å². The maximum atomic E-state index is 14.7. The van der Waals surface area contributed by atoms with Gasteiger partial charge in [0, 0.05) is 27.1 Å². The summed E-state index contributed by atoms with van der Waals surface area (Å²) in [4.78, 5) is 40.0. The first-order valence-electron chi connectivity index (χ1n) is 9.41. The molecular weight excluding hydrogens is 367 g/mol. The summed E-state index contributed by atoms with van der Waals surface area (Å²) >= 11 is 0. The first kappa shape index (κ1) is 19.9. The maximum absolute atomic E-state index is 14.7. The highest BCUT2D eigenvalue weighted by Crippen LogP contribution is 2.28. The molecule has 8 nitrogen and oxygen atoms in total. The van der Waals surface area contributed by atoms with Crippen LogP contribution in [-0.4, -0.2) is 62.3 Å². The number of hydrogen-bond donors (Lipinski definition) is 1. The summed E-state index contributed by atoms with van der Waals surface area (Å²) in [6.07, 6.45) is 1.92. The van der Waals surface area contributed by atoms with E-state index in [1.165, 1.54) is 28.9 Å². The van der Waals surface area contributed by atoms with E-state index in [1.54, 1.807) is 18.0 Å². The molecule has 28 heavy (non-hydrogen) atoms. The number of hydrogen-bond acceptors (Lipinski definition) is 4. The molecule has 2 heterocycles. The molecule has 152 valence electrons. The van der Waals surface area contributed by atoms with Crippen LogP contribution in [0.25, 0.3) is 0 Å². The van der Waals surface area contributed by atoms with Gasteiger partial charge >= 0.3 is 12.1 Å². The van der Waals surface area contributed by atoms with Gasteiger partial charge in [-0.15, -0.1) is 0 Å². The minimum Gasteiger partial charge on any atom is -0.442 e. The van der Waals surface area contributed by atoms with E-state index in [0.29, 0.717) is 18.8 Å². The lowest BCUT2D eigenvalue weighted by atomic mass is 10.1. The molecule has 1 atom stereocenters. The average Bonchev–Trinajstić information content (AvgIpc) is 3.06. The number of carbonyl (C=O) groups is 3. The molecule has 1 aromatic rings. The van der Waals surface area contributed by atoms with Crippen molar-refractivity contribution in [1.82, 2.24) is 10.2 Å². The fraction of sp³-hybridized carbons (Fsp3) is 0.526. The number of amides is 4. The number of anilines is 2. The lowest BCUT2D eigenvalue weighted by molar-refractivity contribution is -0.119. The van der Waals surface area contributed by atoms with Gasteiger partial charge < -0.3 is 15.0 Å². The summed E-state index contributed by atoms with van der Waals surface area (Å²) in [5, 5.41) is 2.59. The number of piperidine rings is 1. The van der Waals surface area contributed by atoms with E-state index in [9.17, 15) is 18.8 Å². The molecule has 0 radical (unpaired) electrons. The van der Waals surface area contributed by atoms with Gasteiger partial charge in [0.2, 0.25) is 5.91 Å². The number of rotatable bonds is 4. The zero-order valence-corrected chi connectivity index (χ0v) is 16.1. The van der Waals surface area contributed by atoms with Gasteiger partial charge in [0.15, 0.2) is 0 Å². The van der Waals surface area contributed by atoms with Crippen LogP contribution in [-0.2, 0) is 9.53 Å². The number of urea groups is 1. The van der Waals surface area contributed by atoms with E-state index in [-0.39, 0.29) is 30.7 Å². The summed E-state index contributed by atoms with van der Waals surface area (Å²) in [6, 6.07) is 4.06. The van der Waals surface area contributed by atoms with Crippen LogP contribution in [0.4, 0.5) is 25.4 Å². The summed E-state index contributed by atoms with van der Waals surface area (Å²) in [6.45, 7) is 3.15. The number of benzene rings is 1. The van der Waals surface area contributed by atoms with Crippen molar-refractivity contribution in [2.24, 2.45) is 0 Å². The van der Waals surface area contributed by atoms with Crippen molar-refractivity contribution in [3.63, 3.8) is 0 Å². The Balaban J connectivity index is 1.69. The van der Waals surface area contributed by atoms with E-state index < -0.39 is 18.0 Å². The molecule has 2 aliphatic rings. The Morgan fingerprint density at radius 3 is 2.64 bits per heavy atom. The molecule has 0 aliphatic carbocycles. The van der Waals surface area contributed by atoms with Gasteiger partial charge in [-0.1, -0.05) is 0 Å². The van der Waals surface area contributed by atoms with Crippen LogP contribution >= 0.6 is 0 Å². The standard InChI is InChI=1S/C19H25FN4O4/c1-13(25)21-11-15-12-24(19(27)28-15)14-6-7-17(16(20)10-14)22(2)18(26)23-8-4-3-5-9-23/h6-7,10,15H,3-5,8-9,11-12H2,1-2H3,(H,21,25)/t15-/m0/s1. The summed E-state index contributed by atoms with van der Waals surface area (Å²) in [5.41, 5.74) is 0.497. The van der Waals surface area contributed by atoms with Crippen LogP contribution < -0.4 is 15.1 Å². The second kappa shape index (κ2) is 8.45. The minimum atomic E-state index is -0.597. The Bertz CT molecular complexity index is 766. The lowest BCUT2D eigenvalue weighted by Gasteiger charge is -2.31. The van der Waals surface area contributed by atoms with Crippen LogP contribution in [0.5, 0.6) is 0 Å².